The van der Waals surface area contributed by atoms with Gasteiger partial charge >= 0.3 is 0 Å². The van der Waals surface area contributed by atoms with Crippen LogP contribution in [0.15, 0.2) is 29.2 Å². The van der Waals surface area contributed by atoms with Crippen LogP contribution in [0.2, 0.25) is 0 Å². The lowest BCUT2D eigenvalue weighted by molar-refractivity contribution is -0.0673. The van der Waals surface area contributed by atoms with Gasteiger partial charge in [0.1, 0.15) is 17.2 Å². The number of halogens is 2. The second-order valence-corrected chi connectivity index (χ2v) is 8.01. The predicted octanol–water partition coefficient (Wildman–Crippen LogP) is 1.35. The molecule has 1 aromatic carbocycles. The van der Waals surface area contributed by atoms with E-state index in [1.165, 1.54) is 21.7 Å². The molecule has 1 aliphatic carbocycles. The van der Waals surface area contributed by atoms with E-state index >= 15 is 0 Å². The Morgan fingerprint density at radius 3 is 2.68 bits per heavy atom. The van der Waals surface area contributed by atoms with Crippen LogP contribution >= 0.6 is 0 Å². The van der Waals surface area contributed by atoms with Crippen LogP contribution in [-0.2, 0) is 16.8 Å². The zero-order valence-corrected chi connectivity index (χ0v) is 16.9. The maximum Gasteiger partial charge on any atom is 0.274 e. The second-order valence-electron chi connectivity index (χ2n) is 8.01. The fraction of sp³-hybridized carbons (Fsp3) is 0.381. The van der Waals surface area contributed by atoms with Gasteiger partial charge in [-0.3, -0.25) is 14.4 Å². The van der Waals surface area contributed by atoms with E-state index in [2.05, 4.69) is 5.32 Å². The highest BCUT2D eigenvalue weighted by atomic mass is 19.1. The number of hydrogen-bond donors (Lipinski definition) is 2. The summed E-state index contributed by atoms with van der Waals surface area (Å²) in [6.45, 7) is 0.0499. The molecule has 0 bridgehead atoms. The first kappa shape index (κ1) is 21.0. The Morgan fingerprint density at radius 2 is 2.03 bits per heavy atom. The Morgan fingerprint density at radius 1 is 1.32 bits per heavy atom. The number of nitrogens with zero attached hydrogens (tertiary/aromatic N) is 2. The number of hydrogen-bond acceptors (Lipinski definition) is 5. The largest absolute Gasteiger partial charge is 0.503 e. The van der Waals surface area contributed by atoms with Crippen LogP contribution in [0.5, 0.6) is 5.75 Å². The van der Waals surface area contributed by atoms with Crippen LogP contribution in [0.1, 0.15) is 39.3 Å². The topological polar surface area (TPSA) is 101 Å². The van der Waals surface area contributed by atoms with E-state index in [1.54, 1.807) is 14.2 Å². The molecule has 1 aromatic heterocycles. The minimum absolute atomic E-state index is 0.0345. The van der Waals surface area contributed by atoms with Gasteiger partial charge in [0.25, 0.3) is 11.8 Å². The minimum Gasteiger partial charge on any atom is -0.503 e. The molecule has 2 aromatic rings. The van der Waals surface area contributed by atoms with Crippen LogP contribution in [0.25, 0.3) is 0 Å². The highest BCUT2D eigenvalue weighted by molar-refractivity contribution is 5.99. The molecule has 1 spiro atoms. The third-order valence-electron chi connectivity index (χ3n) is 6.02. The van der Waals surface area contributed by atoms with Crippen molar-refractivity contribution in [3.8, 4) is 5.75 Å². The van der Waals surface area contributed by atoms with Crippen molar-refractivity contribution in [1.29, 1.82) is 0 Å². The SMILES string of the molecule is CO[C@H]1C[C@@]2(CN(C)C(=O)c3c(O)c(=O)c(C(=O)NCc4ccc(F)cc4F)cn32)C1. The molecule has 2 aliphatic rings. The third-order valence-corrected chi connectivity index (χ3v) is 6.02. The molecule has 1 saturated carbocycles. The van der Waals surface area contributed by atoms with Gasteiger partial charge < -0.3 is 24.6 Å². The molecule has 2 amide bonds. The van der Waals surface area contributed by atoms with Crippen LogP contribution in [0, 0.1) is 11.6 Å². The van der Waals surface area contributed by atoms with Gasteiger partial charge in [-0.05, 0) is 18.9 Å². The van der Waals surface area contributed by atoms with E-state index < -0.39 is 40.2 Å². The smallest absolute Gasteiger partial charge is 0.274 e. The van der Waals surface area contributed by atoms with Crippen molar-refractivity contribution in [3.63, 3.8) is 0 Å². The third kappa shape index (κ3) is 3.36. The molecule has 4 rings (SSSR count). The number of carbonyl (C=O) groups excluding carboxylic acids is 2. The average molecular weight is 433 g/mol. The zero-order valence-electron chi connectivity index (χ0n) is 16.9. The lowest BCUT2D eigenvalue weighted by atomic mass is 9.72. The molecule has 31 heavy (non-hydrogen) atoms. The molecule has 8 nitrogen and oxygen atoms in total. The molecular weight excluding hydrogens is 412 g/mol. The number of fused-ring (bicyclic) bond motifs is 2. The van der Waals surface area contributed by atoms with Gasteiger partial charge in [-0.2, -0.15) is 0 Å². The van der Waals surface area contributed by atoms with Crippen LogP contribution in [0.4, 0.5) is 8.78 Å². The van der Waals surface area contributed by atoms with E-state index in [0.717, 1.165) is 6.07 Å². The van der Waals surface area contributed by atoms with E-state index in [9.17, 15) is 28.3 Å². The summed E-state index contributed by atoms with van der Waals surface area (Å²) < 4.78 is 33.7. The number of amides is 2. The fourth-order valence-electron chi connectivity index (χ4n) is 4.33. The van der Waals surface area contributed by atoms with E-state index in [1.807, 2.05) is 0 Å². The Kier molecular flexibility index (Phi) is 5.04. The van der Waals surface area contributed by atoms with Gasteiger partial charge in [0.2, 0.25) is 5.43 Å². The van der Waals surface area contributed by atoms with Crippen molar-refractivity contribution in [2.24, 2.45) is 0 Å². The Labute approximate surface area is 176 Å². The summed E-state index contributed by atoms with van der Waals surface area (Å²) >= 11 is 0. The summed E-state index contributed by atoms with van der Waals surface area (Å²) in [5.41, 5.74) is -2.12. The number of carbonyl (C=O) groups is 2. The fourth-order valence-corrected chi connectivity index (χ4v) is 4.33. The highest BCUT2D eigenvalue weighted by Gasteiger charge is 2.52. The monoisotopic (exact) mass is 433 g/mol. The van der Waals surface area contributed by atoms with E-state index in [4.69, 9.17) is 4.74 Å². The van der Waals surface area contributed by atoms with Gasteiger partial charge in [-0.15, -0.1) is 0 Å². The summed E-state index contributed by atoms with van der Waals surface area (Å²) in [6.07, 6.45) is 2.30. The van der Waals surface area contributed by atoms with Crippen molar-refractivity contribution in [1.82, 2.24) is 14.8 Å². The molecule has 2 heterocycles. The minimum atomic E-state index is -0.996. The van der Waals surface area contributed by atoms with Gasteiger partial charge in [-0.1, -0.05) is 6.07 Å². The van der Waals surface area contributed by atoms with Crippen LogP contribution in [0.3, 0.4) is 0 Å². The Hall–Kier alpha value is -3.27. The van der Waals surface area contributed by atoms with Crippen molar-refractivity contribution >= 4 is 11.8 Å². The summed E-state index contributed by atoms with van der Waals surface area (Å²) in [5, 5.41) is 12.9. The standard InChI is InChI=1S/C21H21F2N3O5/c1-25-10-21(6-13(7-21)31-2)26-9-14(17(27)18(28)16(26)20(25)30)19(29)24-8-11-3-4-12(22)5-15(11)23/h3-5,9,13,28H,6-8,10H2,1-2H3,(H,24,29)/t13-,21-. The van der Waals surface area contributed by atoms with Crippen molar-refractivity contribution in [2.75, 3.05) is 20.7 Å². The highest BCUT2D eigenvalue weighted by Crippen LogP contribution is 2.45. The molecule has 0 unspecified atom stereocenters. The number of likely N-dealkylation sites (N-methyl/N-ethyl adjacent to an activating group) is 1. The lowest BCUT2D eigenvalue weighted by Crippen LogP contribution is -2.61. The number of benzene rings is 1. The lowest BCUT2D eigenvalue weighted by Gasteiger charge is -2.53. The van der Waals surface area contributed by atoms with Crippen LogP contribution in [-0.4, -0.2) is 53.2 Å². The number of pyridine rings is 1. The van der Waals surface area contributed by atoms with Crippen molar-refractivity contribution in [2.45, 2.75) is 31.0 Å². The number of rotatable bonds is 4. The Bertz CT molecular complexity index is 1140. The van der Waals surface area contributed by atoms with Gasteiger partial charge in [0.15, 0.2) is 11.4 Å². The molecule has 0 saturated heterocycles. The zero-order chi connectivity index (χ0) is 22.5. The van der Waals surface area contributed by atoms with E-state index in [0.29, 0.717) is 25.5 Å². The average Bonchev–Trinajstić information content (AvgIpc) is 2.70. The Balaban J connectivity index is 1.69. The quantitative estimate of drug-likeness (QED) is 0.758. The summed E-state index contributed by atoms with van der Waals surface area (Å²) in [5.74, 6) is -3.76. The van der Waals surface area contributed by atoms with Crippen molar-refractivity contribution < 1.29 is 28.2 Å². The van der Waals surface area contributed by atoms with Gasteiger partial charge in [0.05, 0.1) is 11.6 Å². The molecule has 2 N–H and O–H groups in total. The first-order valence-electron chi connectivity index (χ1n) is 9.66. The first-order chi connectivity index (χ1) is 14.7. The number of methoxy groups -OCH3 is 1. The van der Waals surface area contributed by atoms with Gasteiger partial charge in [0, 0.05) is 45.1 Å². The number of nitrogens with one attached hydrogen (secondary N) is 1. The second kappa shape index (κ2) is 7.45. The number of aromatic nitrogens is 1. The first-order valence-corrected chi connectivity index (χ1v) is 9.66. The molecular formula is C21H21F2N3O5. The number of ether oxygens (including phenoxy) is 1. The van der Waals surface area contributed by atoms with Crippen LogP contribution < -0.4 is 10.7 Å². The molecule has 0 atom stereocenters. The molecule has 1 aliphatic heterocycles. The summed E-state index contributed by atoms with van der Waals surface area (Å²) in [6, 6.07) is 2.93. The van der Waals surface area contributed by atoms with Crippen molar-refractivity contribution in [3.05, 3.63) is 63.1 Å². The van der Waals surface area contributed by atoms with E-state index in [-0.39, 0.29) is 29.5 Å². The number of aromatic hydroxyl groups is 1. The maximum atomic E-state index is 13.8. The maximum absolute atomic E-state index is 13.8. The molecule has 0 radical (unpaired) electrons. The molecule has 10 heteroatoms. The normalized spacial score (nSPS) is 22.3. The summed E-state index contributed by atoms with van der Waals surface area (Å²) in [4.78, 5) is 39.4. The predicted molar refractivity (Wildman–Crippen MR) is 105 cm³/mol. The molecule has 164 valence electrons. The summed E-state index contributed by atoms with van der Waals surface area (Å²) in [7, 11) is 3.15. The van der Waals surface area contributed by atoms with Gasteiger partial charge in [-0.25, -0.2) is 8.78 Å². The molecule has 1 fully saturated rings.